The zero-order chi connectivity index (χ0) is 19.3. The van der Waals surface area contributed by atoms with E-state index in [1.54, 1.807) is 0 Å². The van der Waals surface area contributed by atoms with Crippen LogP contribution in [0.4, 0.5) is 5.69 Å². The Morgan fingerprint density at radius 1 is 0.857 bits per heavy atom. The van der Waals surface area contributed by atoms with Gasteiger partial charge in [-0.1, -0.05) is 72.8 Å². The van der Waals surface area contributed by atoms with Gasteiger partial charge in [0.2, 0.25) is 0 Å². The molecule has 142 valence electrons. The van der Waals surface area contributed by atoms with E-state index in [4.69, 9.17) is 4.99 Å². The van der Waals surface area contributed by atoms with E-state index in [0.717, 1.165) is 32.1 Å². The lowest BCUT2D eigenvalue weighted by atomic mass is 10.1. The van der Waals surface area contributed by atoms with E-state index < -0.39 is 0 Å². The van der Waals surface area contributed by atoms with Gasteiger partial charge in [-0.2, -0.15) is 0 Å². The van der Waals surface area contributed by atoms with Crippen LogP contribution in [0.1, 0.15) is 22.3 Å². The molecule has 4 rings (SSSR count). The number of anilines is 1. The second-order valence-corrected chi connectivity index (χ2v) is 7.48. The van der Waals surface area contributed by atoms with Crippen molar-refractivity contribution in [3.8, 4) is 0 Å². The number of amidine groups is 1. The number of nitrogens with zero attached hydrogens (tertiary/aromatic N) is 3. The summed E-state index contributed by atoms with van der Waals surface area (Å²) in [4.78, 5) is 9.78. The molecule has 0 atom stereocenters. The largest absolute Gasteiger partial charge is 0.312 e. The van der Waals surface area contributed by atoms with Gasteiger partial charge in [-0.3, -0.25) is 9.89 Å². The lowest BCUT2D eigenvalue weighted by Gasteiger charge is -2.37. The molecule has 0 unspecified atom stereocenters. The fourth-order valence-electron chi connectivity index (χ4n) is 3.67. The van der Waals surface area contributed by atoms with Crippen LogP contribution in [0.3, 0.4) is 0 Å². The average molecular weight is 370 g/mol. The van der Waals surface area contributed by atoms with Gasteiger partial charge in [0.25, 0.3) is 0 Å². The Labute approximate surface area is 168 Å². The van der Waals surface area contributed by atoms with Crippen molar-refractivity contribution in [1.82, 2.24) is 4.90 Å². The monoisotopic (exact) mass is 369 g/mol. The Hall–Kier alpha value is -2.91. The normalized spacial score (nSPS) is 14.8. The van der Waals surface area contributed by atoms with E-state index >= 15 is 0 Å². The van der Waals surface area contributed by atoms with Gasteiger partial charge in [0.05, 0.1) is 13.3 Å². The molecule has 3 aromatic carbocycles. The van der Waals surface area contributed by atoms with Gasteiger partial charge < -0.3 is 4.90 Å². The molecule has 0 saturated heterocycles. The van der Waals surface area contributed by atoms with E-state index in [-0.39, 0.29) is 0 Å². The minimum Gasteiger partial charge on any atom is -0.312 e. The quantitative estimate of drug-likeness (QED) is 0.628. The van der Waals surface area contributed by atoms with E-state index in [0.29, 0.717) is 0 Å². The highest BCUT2D eigenvalue weighted by atomic mass is 15.4. The number of benzene rings is 3. The molecule has 0 radical (unpaired) electrons. The number of aliphatic imine (C=N–C) groups is 1. The van der Waals surface area contributed by atoms with Crippen molar-refractivity contribution in [2.75, 3.05) is 24.8 Å². The average Bonchev–Trinajstić information content (AvgIpc) is 2.75. The van der Waals surface area contributed by atoms with Gasteiger partial charge in [-0.25, -0.2) is 0 Å². The Morgan fingerprint density at radius 2 is 1.57 bits per heavy atom. The molecule has 0 bridgehead atoms. The van der Waals surface area contributed by atoms with E-state index in [1.165, 1.54) is 27.9 Å². The molecular weight excluding hydrogens is 342 g/mol. The molecule has 3 aromatic rings. The summed E-state index contributed by atoms with van der Waals surface area (Å²) in [5.41, 5.74) is 6.34. The highest BCUT2D eigenvalue weighted by Crippen LogP contribution is 2.26. The van der Waals surface area contributed by atoms with Crippen molar-refractivity contribution >= 4 is 11.5 Å². The first-order chi connectivity index (χ1) is 13.7. The molecule has 0 saturated carbocycles. The molecule has 3 nitrogen and oxygen atoms in total. The van der Waals surface area contributed by atoms with E-state index in [1.807, 2.05) is 0 Å². The maximum absolute atomic E-state index is 4.99. The van der Waals surface area contributed by atoms with Gasteiger partial charge >= 0.3 is 0 Å². The fraction of sp³-hybridized carbons (Fsp3) is 0.240. The maximum Gasteiger partial charge on any atom is 0.137 e. The minimum atomic E-state index is 0.735. The first-order valence-corrected chi connectivity index (χ1v) is 9.91. The molecule has 0 aromatic heterocycles. The lowest BCUT2D eigenvalue weighted by Crippen LogP contribution is -2.47. The van der Waals surface area contributed by atoms with Gasteiger partial charge in [-0.05, 0) is 43.0 Å². The molecule has 28 heavy (non-hydrogen) atoms. The Morgan fingerprint density at radius 3 is 2.32 bits per heavy atom. The molecule has 1 aliphatic rings. The summed E-state index contributed by atoms with van der Waals surface area (Å²) in [5, 5.41) is 0. The first kappa shape index (κ1) is 18.5. The summed E-state index contributed by atoms with van der Waals surface area (Å²) in [5.74, 6) is 1.06. The number of rotatable bonds is 5. The zero-order valence-corrected chi connectivity index (χ0v) is 16.7. The third-order valence-electron chi connectivity index (χ3n) is 5.26. The minimum absolute atomic E-state index is 0.735. The predicted molar refractivity (Wildman–Crippen MR) is 118 cm³/mol. The van der Waals surface area contributed by atoms with Crippen LogP contribution in [0.5, 0.6) is 0 Å². The second-order valence-electron chi connectivity index (χ2n) is 7.48. The van der Waals surface area contributed by atoms with E-state index in [2.05, 4.69) is 103 Å². The number of hydrogen-bond donors (Lipinski definition) is 0. The van der Waals surface area contributed by atoms with Crippen LogP contribution >= 0.6 is 0 Å². The van der Waals surface area contributed by atoms with Crippen molar-refractivity contribution in [3.05, 3.63) is 101 Å². The molecule has 3 heteroatoms. The molecule has 0 amide bonds. The molecule has 0 N–H and O–H groups in total. The molecular formula is C25H27N3. The van der Waals surface area contributed by atoms with Crippen LogP contribution in [0, 0.1) is 13.8 Å². The van der Waals surface area contributed by atoms with Gasteiger partial charge in [0.1, 0.15) is 5.84 Å². The second kappa shape index (κ2) is 8.41. The molecule has 0 fully saturated rings. The van der Waals surface area contributed by atoms with Crippen LogP contribution in [0.2, 0.25) is 0 Å². The Balaban J connectivity index is 1.62. The van der Waals surface area contributed by atoms with Crippen molar-refractivity contribution in [3.63, 3.8) is 0 Å². The summed E-state index contributed by atoms with van der Waals surface area (Å²) >= 11 is 0. The summed E-state index contributed by atoms with van der Waals surface area (Å²) in [6.07, 6.45) is 1.04. The summed E-state index contributed by atoms with van der Waals surface area (Å²) < 4.78 is 0. The molecule has 1 heterocycles. The van der Waals surface area contributed by atoms with Crippen LogP contribution in [-0.2, 0) is 6.42 Å². The standard InChI is InChI=1S/C25H27N3/c1-20-13-14-21(2)24(17-20)28-19-27(16-15-22-9-5-3-6-10-22)18-26-25(28)23-11-7-4-8-12-23/h3-14,17H,15-16,18-19H2,1-2H3. The third-order valence-corrected chi connectivity index (χ3v) is 5.26. The summed E-state index contributed by atoms with van der Waals surface area (Å²) in [6, 6.07) is 27.9. The van der Waals surface area contributed by atoms with Crippen molar-refractivity contribution in [1.29, 1.82) is 0 Å². The Kier molecular flexibility index (Phi) is 5.54. The van der Waals surface area contributed by atoms with Crippen molar-refractivity contribution in [2.45, 2.75) is 20.3 Å². The first-order valence-electron chi connectivity index (χ1n) is 9.91. The van der Waals surface area contributed by atoms with Crippen LogP contribution in [-0.4, -0.2) is 30.6 Å². The molecule has 1 aliphatic heterocycles. The van der Waals surface area contributed by atoms with Gasteiger partial charge in [0.15, 0.2) is 0 Å². The molecule has 0 aliphatic carbocycles. The van der Waals surface area contributed by atoms with Gasteiger partial charge in [-0.15, -0.1) is 0 Å². The summed E-state index contributed by atoms with van der Waals surface area (Å²) in [7, 11) is 0. The van der Waals surface area contributed by atoms with Crippen LogP contribution in [0.15, 0.2) is 83.9 Å². The number of aryl methyl sites for hydroxylation is 2. The smallest absolute Gasteiger partial charge is 0.137 e. The van der Waals surface area contributed by atoms with Crippen molar-refractivity contribution < 1.29 is 0 Å². The molecule has 0 spiro atoms. The zero-order valence-electron chi connectivity index (χ0n) is 16.7. The highest BCUT2D eigenvalue weighted by molar-refractivity contribution is 6.10. The van der Waals surface area contributed by atoms with Crippen LogP contribution < -0.4 is 4.90 Å². The third kappa shape index (κ3) is 4.15. The number of hydrogen-bond acceptors (Lipinski definition) is 3. The van der Waals surface area contributed by atoms with Crippen molar-refractivity contribution in [2.24, 2.45) is 4.99 Å². The highest BCUT2D eigenvalue weighted by Gasteiger charge is 2.24. The Bertz CT molecular complexity index is 948. The van der Waals surface area contributed by atoms with Gasteiger partial charge in [0, 0.05) is 17.8 Å². The van der Waals surface area contributed by atoms with Crippen LogP contribution in [0.25, 0.3) is 0 Å². The van der Waals surface area contributed by atoms with E-state index in [9.17, 15) is 0 Å². The predicted octanol–water partition coefficient (Wildman–Crippen LogP) is 5.03. The summed E-state index contributed by atoms with van der Waals surface area (Å²) in [6.45, 7) is 6.92. The fourth-order valence-corrected chi connectivity index (χ4v) is 3.67. The lowest BCUT2D eigenvalue weighted by molar-refractivity contribution is 0.285. The maximum atomic E-state index is 4.99. The SMILES string of the molecule is Cc1ccc(C)c(N2CN(CCc3ccccc3)CN=C2c2ccccc2)c1. The topological polar surface area (TPSA) is 18.8 Å².